The average Bonchev–Trinajstić information content (AvgIpc) is 1.86. The largest absolute Gasteiger partial charge is 0.369 e. The Hall–Kier alpha value is -0.380. The van der Waals surface area contributed by atoms with E-state index in [1.807, 2.05) is 11.4 Å². The zero-order valence-corrected chi connectivity index (χ0v) is 7.96. The quantitative estimate of drug-likeness (QED) is 0.467. The zero-order valence-electron chi connectivity index (χ0n) is 7.14. The Kier molecular flexibility index (Phi) is 3.02. The predicted octanol–water partition coefficient (Wildman–Crippen LogP) is 0.811. The molecule has 0 radical (unpaired) electrons. The first-order chi connectivity index (χ1) is 4.41. The van der Waals surface area contributed by atoms with E-state index in [1.54, 1.807) is 0 Å². The summed E-state index contributed by atoms with van der Waals surface area (Å²) in [7, 11) is 1.06. The molecule has 0 aromatic carbocycles. The Morgan fingerprint density at radius 3 is 2.10 bits per heavy atom. The number of nitrogens with one attached hydrogen (secondary N) is 1. The van der Waals surface area contributed by atoms with E-state index in [1.165, 1.54) is 0 Å². The number of guanidine groups is 1. The lowest BCUT2D eigenvalue weighted by Gasteiger charge is -2.40. The highest BCUT2D eigenvalue weighted by atomic mass is 32.3. The Bertz CT molecular complexity index is 133. The zero-order chi connectivity index (χ0) is 8.36. The van der Waals surface area contributed by atoms with Crippen molar-refractivity contribution >= 4 is 16.2 Å². The number of rotatable bonds is 2. The van der Waals surface area contributed by atoms with Crippen LogP contribution in [-0.2, 0) is 0 Å². The molecule has 0 fully saturated rings. The van der Waals surface area contributed by atoms with Gasteiger partial charge in [-0.3, -0.25) is 5.41 Å². The van der Waals surface area contributed by atoms with E-state index < -0.39 is 10.2 Å². The molecule has 0 unspecified atom stereocenters. The van der Waals surface area contributed by atoms with Crippen LogP contribution >= 0.6 is 10.2 Å². The molecular weight excluding hydrogens is 146 g/mol. The summed E-state index contributed by atoms with van der Waals surface area (Å²) >= 11 is 0. The van der Waals surface area contributed by atoms with Gasteiger partial charge < -0.3 is 10.0 Å². The molecule has 0 aliphatic carbocycles. The lowest BCUT2D eigenvalue weighted by atomic mass is 11.0. The molecule has 3 nitrogen and oxygen atoms in total. The Labute approximate surface area is 64.5 Å². The summed E-state index contributed by atoms with van der Waals surface area (Å²) in [6, 6.07) is 0. The van der Waals surface area contributed by atoms with Crippen LogP contribution in [0.1, 0.15) is 6.92 Å². The molecule has 0 aromatic rings. The minimum atomic E-state index is -0.814. The summed E-state index contributed by atoms with van der Waals surface area (Å²) in [5, 5.41) is 7.18. The molecule has 0 saturated carbocycles. The normalized spacial score (nSPS) is 12.8. The third kappa shape index (κ3) is 2.10. The van der Waals surface area contributed by atoms with Crippen LogP contribution in [0.5, 0.6) is 0 Å². The summed E-state index contributed by atoms with van der Waals surface area (Å²) in [4.78, 5) is 0. The Morgan fingerprint density at radius 1 is 1.60 bits per heavy atom. The molecule has 0 bridgehead atoms. The molecule has 0 spiro atoms. The summed E-state index contributed by atoms with van der Waals surface area (Å²) in [6.07, 6.45) is 4.29. The van der Waals surface area contributed by atoms with Gasteiger partial charge in [-0.25, -0.2) is 0 Å². The van der Waals surface area contributed by atoms with Crippen molar-refractivity contribution in [1.82, 2.24) is 4.31 Å². The average molecular weight is 163 g/mol. The van der Waals surface area contributed by atoms with Gasteiger partial charge in [0.05, 0.1) is 0 Å². The second-order valence-corrected chi connectivity index (χ2v) is 6.74. The van der Waals surface area contributed by atoms with Crippen molar-refractivity contribution in [2.75, 3.05) is 25.3 Å². The van der Waals surface area contributed by atoms with Crippen LogP contribution in [0.15, 0.2) is 0 Å². The third-order valence-electron chi connectivity index (χ3n) is 1.79. The van der Waals surface area contributed by atoms with E-state index >= 15 is 0 Å². The van der Waals surface area contributed by atoms with Crippen LogP contribution in [0.2, 0.25) is 0 Å². The molecule has 0 amide bonds. The number of hydrogen-bond acceptors (Lipinski definition) is 1. The van der Waals surface area contributed by atoms with Crippen LogP contribution in [0.3, 0.4) is 0 Å². The Balaban J connectivity index is 4.17. The van der Waals surface area contributed by atoms with Gasteiger partial charge in [0.2, 0.25) is 0 Å². The molecule has 0 rings (SSSR count). The van der Waals surface area contributed by atoms with Gasteiger partial charge in [-0.15, -0.1) is 0 Å². The minimum Gasteiger partial charge on any atom is -0.369 e. The van der Waals surface area contributed by atoms with Crippen molar-refractivity contribution in [3.63, 3.8) is 0 Å². The maximum absolute atomic E-state index is 7.18. The summed E-state index contributed by atoms with van der Waals surface area (Å²) in [5.74, 6) is 1.24. The highest BCUT2D eigenvalue weighted by molar-refractivity contribution is 8.31. The van der Waals surface area contributed by atoms with E-state index in [4.69, 9.17) is 11.1 Å². The van der Waals surface area contributed by atoms with Gasteiger partial charge in [0.1, 0.15) is 0 Å². The Morgan fingerprint density at radius 2 is 2.00 bits per heavy atom. The second kappa shape index (κ2) is 3.14. The maximum atomic E-state index is 7.18. The highest BCUT2D eigenvalue weighted by Crippen LogP contribution is 2.41. The molecule has 3 N–H and O–H groups in total. The molecule has 0 aromatic heterocycles. The number of nitrogens with zero attached hydrogens (tertiary/aromatic N) is 1. The van der Waals surface area contributed by atoms with E-state index in [-0.39, 0.29) is 5.96 Å². The van der Waals surface area contributed by atoms with Crippen molar-refractivity contribution in [3.8, 4) is 0 Å². The van der Waals surface area contributed by atoms with E-state index in [0.29, 0.717) is 0 Å². The van der Waals surface area contributed by atoms with Gasteiger partial charge in [0, 0.05) is 7.05 Å². The predicted molar refractivity (Wildman–Crippen MR) is 49.7 cm³/mol. The first-order valence-electron chi connectivity index (χ1n) is 3.20. The summed E-state index contributed by atoms with van der Waals surface area (Å²) < 4.78 is 1.85. The van der Waals surface area contributed by atoms with E-state index in [2.05, 4.69) is 19.4 Å². The van der Waals surface area contributed by atoms with Crippen LogP contribution in [0.4, 0.5) is 0 Å². The van der Waals surface area contributed by atoms with Crippen molar-refractivity contribution in [3.05, 3.63) is 0 Å². The number of nitrogens with two attached hydrogens (primary N) is 1. The van der Waals surface area contributed by atoms with Gasteiger partial charge in [-0.1, -0.05) is 6.92 Å². The fraction of sp³-hybridized carbons (Fsp3) is 0.833. The minimum absolute atomic E-state index is 0.168. The van der Waals surface area contributed by atoms with Crippen LogP contribution in [0.25, 0.3) is 0 Å². The summed E-state index contributed by atoms with van der Waals surface area (Å²) in [5.41, 5.74) is 5.33. The first kappa shape index (κ1) is 9.62. The van der Waals surface area contributed by atoms with Gasteiger partial charge >= 0.3 is 0 Å². The van der Waals surface area contributed by atoms with Gasteiger partial charge in [0.25, 0.3) is 0 Å². The van der Waals surface area contributed by atoms with Crippen molar-refractivity contribution in [2.24, 2.45) is 5.73 Å². The highest BCUT2D eigenvalue weighted by Gasteiger charge is 2.15. The molecule has 0 aliphatic rings. The third-order valence-corrected chi connectivity index (χ3v) is 4.88. The smallest absolute Gasteiger partial charge is 0.196 e. The van der Waals surface area contributed by atoms with Crippen LogP contribution < -0.4 is 5.73 Å². The molecule has 0 heterocycles. The summed E-state index contributed by atoms with van der Waals surface area (Å²) in [6.45, 7) is 2.12. The van der Waals surface area contributed by atoms with Crippen molar-refractivity contribution in [2.45, 2.75) is 6.92 Å². The molecule has 4 heteroatoms. The fourth-order valence-corrected chi connectivity index (χ4v) is 1.38. The van der Waals surface area contributed by atoms with Crippen LogP contribution in [0, 0.1) is 5.41 Å². The lowest BCUT2D eigenvalue weighted by Crippen LogP contribution is -2.35. The SMILES string of the molecule is CCS(C)(C)N(C)C(=N)N. The topological polar surface area (TPSA) is 53.1 Å². The van der Waals surface area contributed by atoms with Gasteiger partial charge in [-0.2, -0.15) is 10.2 Å². The first-order valence-corrected chi connectivity index (χ1v) is 5.78. The van der Waals surface area contributed by atoms with Crippen molar-refractivity contribution in [1.29, 1.82) is 5.41 Å². The standard InChI is InChI=1S/C6H17N3S/c1-5-10(3,4)9(2)6(7)8/h5H2,1-4H3,(H3,7,8). The van der Waals surface area contributed by atoms with Crippen molar-refractivity contribution < 1.29 is 0 Å². The van der Waals surface area contributed by atoms with E-state index in [0.717, 1.165) is 5.75 Å². The monoisotopic (exact) mass is 163 g/mol. The maximum Gasteiger partial charge on any atom is 0.196 e. The lowest BCUT2D eigenvalue weighted by molar-refractivity contribution is 0.798. The van der Waals surface area contributed by atoms with Gasteiger partial charge in [-0.05, 0) is 18.3 Å². The molecule has 0 atom stereocenters. The van der Waals surface area contributed by atoms with E-state index in [9.17, 15) is 0 Å². The second-order valence-electron chi connectivity index (χ2n) is 2.65. The molecule has 0 saturated heterocycles. The molecule has 62 valence electrons. The molecular formula is C6H17N3S. The fourth-order valence-electron chi connectivity index (χ4n) is 0.460. The number of hydrogen-bond donors (Lipinski definition) is 2. The molecule has 0 aliphatic heterocycles. The molecule has 10 heavy (non-hydrogen) atoms. The van der Waals surface area contributed by atoms with Crippen LogP contribution in [-0.4, -0.2) is 35.6 Å². The van der Waals surface area contributed by atoms with Gasteiger partial charge in [0.15, 0.2) is 5.96 Å².